The Kier molecular flexibility index (Phi) is 5.71. The molecule has 0 saturated heterocycles. The Morgan fingerprint density at radius 1 is 1.24 bits per heavy atom. The Bertz CT molecular complexity index is 539. The molecule has 1 aromatic carbocycles. The molecule has 21 heavy (non-hydrogen) atoms. The average molecular weight is 291 g/mol. The second-order valence-electron chi connectivity index (χ2n) is 4.90. The lowest BCUT2D eigenvalue weighted by Crippen LogP contribution is -2.22. The first-order valence-corrected chi connectivity index (χ1v) is 7.18. The second-order valence-corrected chi connectivity index (χ2v) is 4.90. The van der Waals surface area contributed by atoms with Crippen molar-refractivity contribution in [2.75, 3.05) is 18.5 Å². The maximum Gasteiger partial charge on any atom is 0.247 e. The van der Waals surface area contributed by atoms with Gasteiger partial charge in [-0.2, -0.15) is 0 Å². The molecule has 0 radical (unpaired) electrons. The minimum absolute atomic E-state index is 0.256. The molecule has 0 aliphatic rings. The van der Waals surface area contributed by atoms with Gasteiger partial charge in [0.1, 0.15) is 0 Å². The number of unbranched alkanes of at least 4 members (excludes halogenated alkanes) is 1. The molecule has 2 rings (SSSR count). The number of hydrogen-bond acceptors (Lipinski definition) is 6. The lowest BCUT2D eigenvalue weighted by molar-refractivity contribution is 0.105. The van der Waals surface area contributed by atoms with Gasteiger partial charge in [0.25, 0.3) is 0 Å². The smallest absolute Gasteiger partial charge is 0.247 e. The standard InChI is InChI=1S/C15H21N3O3/c1-2-3-4-14-17-18-15(21-14)11-5-7-12(8-6-11)16-9-13(20)10-19/h5-8,13,16,19-20H,2-4,9-10H2,1H3. The molecule has 0 amide bonds. The predicted molar refractivity (Wildman–Crippen MR) is 79.9 cm³/mol. The molecule has 1 unspecified atom stereocenters. The number of nitrogens with one attached hydrogen (secondary N) is 1. The fourth-order valence-electron chi connectivity index (χ4n) is 1.83. The molecular formula is C15H21N3O3. The van der Waals surface area contributed by atoms with Crippen LogP contribution in [0.2, 0.25) is 0 Å². The van der Waals surface area contributed by atoms with Crippen LogP contribution < -0.4 is 5.32 Å². The lowest BCUT2D eigenvalue weighted by Gasteiger charge is -2.10. The zero-order chi connectivity index (χ0) is 15.1. The Balaban J connectivity index is 1.96. The summed E-state index contributed by atoms with van der Waals surface area (Å²) in [6, 6.07) is 7.50. The Labute approximate surface area is 123 Å². The fourth-order valence-corrected chi connectivity index (χ4v) is 1.83. The van der Waals surface area contributed by atoms with Gasteiger partial charge in [-0.25, -0.2) is 0 Å². The quantitative estimate of drug-likeness (QED) is 0.687. The van der Waals surface area contributed by atoms with E-state index in [0.29, 0.717) is 18.3 Å². The summed E-state index contributed by atoms with van der Waals surface area (Å²) in [7, 11) is 0. The molecule has 1 aromatic heterocycles. The normalized spacial score (nSPS) is 12.3. The number of aliphatic hydroxyl groups is 2. The Hall–Kier alpha value is -1.92. The van der Waals surface area contributed by atoms with Crippen LogP contribution in [0.4, 0.5) is 5.69 Å². The molecule has 0 saturated carbocycles. The summed E-state index contributed by atoms with van der Waals surface area (Å²) >= 11 is 0. The van der Waals surface area contributed by atoms with Crippen molar-refractivity contribution in [1.29, 1.82) is 0 Å². The van der Waals surface area contributed by atoms with E-state index >= 15 is 0 Å². The predicted octanol–water partition coefficient (Wildman–Crippen LogP) is 1.84. The van der Waals surface area contributed by atoms with Gasteiger partial charge in [0.2, 0.25) is 11.8 Å². The number of aliphatic hydroxyl groups excluding tert-OH is 2. The van der Waals surface area contributed by atoms with Gasteiger partial charge in [-0.3, -0.25) is 0 Å². The van der Waals surface area contributed by atoms with E-state index in [9.17, 15) is 5.11 Å². The number of hydrogen-bond donors (Lipinski definition) is 3. The van der Waals surface area contributed by atoms with Crippen molar-refractivity contribution in [3.63, 3.8) is 0 Å². The molecule has 0 bridgehead atoms. The minimum atomic E-state index is -0.762. The van der Waals surface area contributed by atoms with E-state index < -0.39 is 6.10 Å². The summed E-state index contributed by atoms with van der Waals surface area (Å²) in [5.41, 5.74) is 1.72. The van der Waals surface area contributed by atoms with E-state index in [0.717, 1.165) is 30.5 Å². The van der Waals surface area contributed by atoms with E-state index in [1.54, 1.807) is 0 Å². The average Bonchev–Trinajstić information content (AvgIpc) is 3.00. The zero-order valence-corrected chi connectivity index (χ0v) is 12.1. The van der Waals surface area contributed by atoms with Crippen LogP contribution in [0.1, 0.15) is 25.7 Å². The Morgan fingerprint density at radius 2 is 2.00 bits per heavy atom. The van der Waals surface area contributed by atoms with E-state index in [4.69, 9.17) is 9.52 Å². The number of rotatable bonds is 8. The lowest BCUT2D eigenvalue weighted by atomic mass is 10.2. The molecule has 1 heterocycles. The van der Waals surface area contributed by atoms with Crippen molar-refractivity contribution in [1.82, 2.24) is 10.2 Å². The van der Waals surface area contributed by atoms with Crippen molar-refractivity contribution in [3.8, 4) is 11.5 Å². The highest BCUT2D eigenvalue weighted by Gasteiger charge is 2.08. The highest BCUT2D eigenvalue weighted by Crippen LogP contribution is 2.20. The van der Waals surface area contributed by atoms with Gasteiger partial charge in [0, 0.05) is 24.2 Å². The third-order valence-electron chi connectivity index (χ3n) is 3.10. The van der Waals surface area contributed by atoms with Crippen LogP contribution in [-0.4, -0.2) is 39.7 Å². The first kappa shape index (κ1) is 15.5. The van der Waals surface area contributed by atoms with Crippen LogP contribution in [0.15, 0.2) is 28.7 Å². The monoisotopic (exact) mass is 291 g/mol. The number of aryl methyl sites for hydroxylation is 1. The molecule has 0 fully saturated rings. The van der Waals surface area contributed by atoms with Crippen LogP contribution in [0.3, 0.4) is 0 Å². The molecule has 2 aromatic rings. The fraction of sp³-hybridized carbons (Fsp3) is 0.467. The maximum absolute atomic E-state index is 9.28. The topological polar surface area (TPSA) is 91.4 Å². The summed E-state index contributed by atoms with van der Waals surface area (Å²) in [4.78, 5) is 0. The molecule has 6 heteroatoms. The van der Waals surface area contributed by atoms with Crippen LogP contribution in [0, 0.1) is 0 Å². The summed E-state index contributed by atoms with van der Waals surface area (Å²) < 4.78 is 5.61. The van der Waals surface area contributed by atoms with E-state index in [1.165, 1.54) is 0 Å². The van der Waals surface area contributed by atoms with Crippen molar-refractivity contribution in [2.24, 2.45) is 0 Å². The maximum atomic E-state index is 9.28. The number of benzene rings is 1. The SMILES string of the molecule is CCCCc1nnc(-c2ccc(NCC(O)CO)cc2)o1. The second kappa shape index (κ2) is 7.75. The van der Waals surface area contributed by atoms with Gasteiger partial charge in [0.15, 0.2) is 0 Å². The largest absolute Gasteiger partial charge is 0.421 e. The summed E-state index contributed by atoms with van der Waals surface area (Å²) in [5, 5.41) is 29.1. The van der Waals surface area contributed by atoms with Crippen molar-refractivity contribution in [3.05, 3.63) is 30.2 Å². The molecule has 114 valence electrons. The molecule has 0 aliphatic heterocycles. The van der Waals surface area contributed by atoms with Crippen LogP contribution in [0.25, 0.3) is 11.5 Å². The van der Waals surface area contributed by atoms with Crippen molar-refractivity contribution < 1.29 is 14.6 Å². The highest BCUT2D eigenvalue weighted by atomic mass is 16.4. The third kappa shape index (κ3) is 4.54. The molecule has 0 spiro atoms. The molecule has 3 N–H and O–H groups in total. The van der Waals surface area contributed by atoms with Gasteiger partial charge < -0.3 is 19.9 Å². The number of anilines is 1. The zero-order valence-electron chi connectivity index (χ0n) is 12.1. The van der Waals surface area contributed by atoms with E-state index in [1.807, 2.05) is 24.3 Å². The van der Waals surface area contributed by atoms with Crippen molar-refractivity contribution >= 4 is 5.69 Å². The van der Waals surface area contributed by atoms with E-state index in [-0.39, 0.29) is 6.61 Å². The van der Waals surface area contributed by atoms with E-state index in [2.05, 4.69) is 22.4 Å². The van der Waals surface area contributed by atoms with Crippen LogP contribution in [0.5, 0.6) is 0 Å². The van der Waals surface area contributed by atoms with Crippen LogP contribution >= 0.6 is 0 Å². The molecule has 1 atom stereocenters. The van der Waals surface area contributed by atoms with Gasteiger partial charge in [-0.05, 0) is 30.7 Å². The van der Waals surface area contributed by atoms with Gasteiger partial charge in [-0.1, -0.05) is 13.3 Å². The van der Waals surface area contributed by atoms with Gasteiger partial charge in [0.05, 0.1) is 12.7 Å². The highest BCUT2D eigenvalue weighted by molar-refractivity contribution is 5.58. The van der Waals surface area contributed by atoms with Crippen LogP contribution in [-0.2, 0) is 6.42 Å². The number of aromatic nitrogens is 2. The first-order chi connectivity index (χ1) is 10.2. The Morgan fingerprint density at radius 3 is 2.67 bits per heavy atom. The molecule has 6 nitrogen and oxygen atoms in total. The summed E-state index contributed by atoms with van der Waals surface area (Å²) in [6.07, 6.45) is 2.18. The molecular weight excluding hydrogens is 270 g/mol. The summed E-state index contributed by atoms with van der Waals surface area (Å²) in [5.74, 6) is 1.18. The minimum Gasteiger partial charge on any atom is -0.421 e. The van der Waals surface area contributed by atoms with Crippen molar-refractivity contribution in [2.45, 2.75) is 32.3 Å². The number of nitrogens with zero attached hydrogens (tertiary/aromatic N) is 2. The summed E-state index contributed by atoms with van der Waals surface area (Å²) in [6.45, 7) is 2.17. The molecule has 0 aliphatic carbocycles. The van der Waals surface area contributed by atoms with Gasteiger partial charge >= 0.3 is 0 Å². The third-order valence-corrected chi connectivity index (χ3v) is 3.10. The van der Waals surface area contributed by atoms with Gasteiger partial charge in [-0.15, -0.1) is 10.2 Å². The first-order valence-electron chi connectivity index (χ1n) is 7.18.